The highest BCUT2D eigenvalue weighted by molar-refractivity contribution is 5.39. The maximum atomic E-state index is 11.5. The minimum absolute atomic E-state index is 0.0278. The van der Waals surface area contributed by atoms with E-state index in [1.165, 1.54) is 4.40 Å². The van der Waals surface area contributed by atoms with Crippen molar-refractivity contribution in [1.29, 1.82) is 0 Å². The molecule has 0 aliphatic heterocycles. The summed E-state index contributed by atoms with van der Waals surface area (Å²) in [5.74, 6) is 0.820. The molecule has 2 atom stereocenters. The molecule has 2 aromatic rings. The Labute approximate surface area is 98.9 Å². The number of aryl methyl sites for hydroxylation is 1. The van der Waals surface area contributed by atoms with E-state index in [1.54, 1.807) is 6.92 Å². The van der Waals surface area contributed by atoms with Gasteiger partial charge in [0.15, 0.2) is 5.65 Å². The van der Waals surface area contributed by atoms with Crippen molar-refractivity contribution in [2.75, 3.05) is 0 Å². The second-order valence-electron chi connectivity index (χ2n) is 4.32. The number of fused-ring (bicyclic) bond motifs is 1. The van der Waals surface area contributed by atoms with Crippen molar-refractivity contribution in [3.63, 3.8) is 0 Å². The Hall–Kier alpha value is -1.69. The summed E-state index contributed by atoms with van der Waals surface area (Å²) in [5, 5.41) is 6.38. The summed E-state index contributed by atoms with van der Waals surface area (Å²) < 4.78 is 1.46. The zero-order valence-corrected chi connectivity index (χ0v) is 10.3. The molecule has 0 radical (unpaired) electrons. The molecule has 0 aliphatic rings. The lowest BCUT2D eigenvalue weighted by Crippen LogP contribution is -2.26. The summed E-state index contributed by atoms with van der Waals surface area (Å²) in [6, 6.07) is 1.85. The van der Waals surface area contributed by atoms with Crippen LogP contribution in [0.15, 0.2) is 10.9 Å². The van der Waals surface area contributed by atoms with Crippen LogP contribution < -0.4 is 11.4 Å². The highest BCUT2D eigenvalue weighted by Gasteiger charge is 2.18. The molecule has 6 heteroatoms. The number of nitrogens with zero attached hydrogens (tertiary/aromatic N) is 3. The van der Waals surface area contributed by atoms with E-state index in [0.29, 0.717) is 11.5 Å². The predicted octanol–water partition coefficient (Wildman–Crippen LogP) is 0.567. The molecule has 0 aromatic carbocycles. The van der Waals surface area contributed by atoms with Gasteiger partial charge in [-0.1, -0.05) is 6.92 Å². The summed E-state index contributed by atoms with van der Waals surface area (Å²) >= 11 is 0. The van der Waals surface area contributed by atoms with Gasteiger partial charge in [-0.25, -0.2) is 19.3 Å². The monoisotopic (exact) mass is 235 g/mol. The van der Waals surface area contributed by atoms with E-state index in [1.807, 2.05) is 13.0 Å². The lowest BCUT2D eigenvalue weighted by atomic mass is 9.95. The molecule has 0 amide bonds. The molecular formula is C11H17N5O. The maximum Gasteiger partial charge on any atom is 0.349 e. The molecule has 17 heavy (non-hydrogen) atoms. The molecule has 2 rings (SSSR count). The van der Waals surface area contributed by atoms with Crippen LogP contribution in [0.5, 0.6) is 0 Å². The van der Waals surface area contributed by atoms with Gasteiger partial charge < -0.3 is 5.73 Å². The Morgan fingerprint density at radius 2 is 2.29 bits per heavy atom. The molecule has 0 saturated heterocycles. The Bertz CT molecular complexity index is 583. The minimum atomic E-state index is -0.259. The van der Waals surface area contributed by atoms with E-state index in [9.17, 15) is 4.79 Å². The van der Waals surface area contributed by atoms with Crippen molar-refractivity contribution in [2.45, 2.75) is 39.2 Å². The Morgan fingerprint density at radius 1 is 1.59 bits per heavy atom. The summed E-state index contributed by atoms with van der Waals surface area (Å²) in [6.07, 6.45) is 0.912. The van der Waals surface area contributed by atoms with Crippen LogP contribution in [0.4, 0.5) is 0 Å². The van der Waals surface area contributed by atoms with Crippen molar-refractivity contribution in [3.8, 4) is 0 Å². The molecule has 0 spiro atoms. The first-order valence-electron chi connectivity index (χ1n) is 5.74. The van der Waals surface area contributed by atoms with Crippen molar-refractivity contribution in [3.05, 3.63) is 28.1 Å². The molecule has 2 heterocycles. The van der Waals surface area contributed by atoms with Gasteiger partial charge in [-0.3, -0.25) is 0 Å². The summed E-state index contributed by atoms with van der Waals surface area (Å²) in [5.41, 5.74) is 7.17. The average Bonchev–Trinajstić information content (AvgIpc) is 2.61. The fraction of sp³-hybridized carbons (Fsp3) is 0.545. The number of aromatic amines is 1. The van der Waals surface area contributed by atoms with E-state index < -0.39 is 0 Å². The number of rotatable bonds is 3. The van der Waals surface area contributed by atoms with Crippen LogP contribution in [-0.2, 0) is 0 Å². The second kappa shape index (κ2) is 4.29. The van der Waals surface area contributed by atoms with Gasteiger partial charge in [0.1, 0.15) is 5.82 Å². The van der Waals surface area contributed by atoms with Gasteiger partial charge in [-0.15, -0.1) is 0 Å². The average molecular weight is 235 g/mol. The van der Waals surface area contributed by atoms with Crippen LogP contribution in [0.25, 0.3) is 5.65 Å². The largest absolute Gasteiger partial charge is 0.349 e. The van der Waals surface area contributed by atoms with E-state index in [-0.39, 0.29) is 17.6 Å². The summed E-state index contributed by atoms with van der Waals surface area (Å²) in [6.45, 7) is 5.83. The van der Waals surface area contributed by atoms with Crippen LogP contribution in [0.3, 0.4) is 0 Å². The third-order valence-corrected chi connectivity index (χ3v) is 3.04. The van der Waals surface area contributed by atoms with Crippen molar-refractivity contribution in [1.82, 2.24) is 19.6 Å². The van der Waals surface area contributed by atoms with Gasteiger partial charge in [-0.2, -0.15) is 5.10 Å². The number of H-pyrrole nitrogens is 1. The van der Waals surface area contributed by atoms with Crippen LogP contribution in [0, 0.1) is 6.92 Å². The Kier molecular flexibility index (Phi) is 2.97. The standard InChI is InChI=1S/C11H17N5O/c1-4-8(6(2)12)9-5-10-14-15-11(17)16(10)7(3)13-9/h5-6,8H,4,12H2,1-3H3,(H,15,17). The summed E-state index contributed by atoms with van der Waals surface area (Å²) in [4.78, 5) is 15.9. The first kappa shape index (κ1) is 11.8. The molecule has 3 N–H and O–H groups in total. The van der Waals surface area contributed by atoms with Gasteiger partial charge in [-0.05, 0) is 20.3 Å². The topological polar surface area (TPSA) is 89.1 Å². The summed E-state index contributed by atoms with van der Waals surface area (Å²) in [7, 11) is 0. The number of hydrogen-bond donors (Lipinski definition) is 2. The Morgan fingerprint density at radius 3 is 2.88 bits per heavy atom. The van der Waals surface area contributed by atoms with E-state index in [2.05, 4.69) is 22.1 Å². The molecular weight excluding hydrogens is 218 g/mol. The molecule has 0 fully saturated rings. The first-order valence-corrected chi connectivity index (χ1v) is 5.74. The lowest BCUT2D eigenvalue weighted by Gasteiger charge is -2.18. The molecule has 2 aromatic heterocycles. The van der Waals surface area contributed by atoms with Gasteiger partial charge >= 0.3 is 5.69 Å². The number of hydrogen-bond acceptors (Lipinski definition) is 4. The third-order valence-electron chi connectivity index (χ3n) is 3.04. The quantitative estimate of drug-likeness (QED) is 0.813. The van der Waals surface area contributed by atoms with E-state index in [4.69, 9.17) is 5.73 Å². The van der Waals surface area contributed by atoms with E-state index in [0.717, 1.165) is 12.1 Å². The second-order valence-corrected chi connectivity index (χ2v) is 4.32. The molecule has 0 bridgehead atoms. The third kappa shape index (κ3) is 1.95. The van der Waals surface area contributed by atoms with Gasteiger partial charge in [0.2, 0.25) is 0 Å². The smallest absolute Gasteiger partial charge is 0.327 e. The molecule has 2 unspecified atom stereocenters. The van der Waals surface area contributed by atoms with Crippen LogP contribution >= 0.6 is 0 Å². The number of nitrogens with one attached hydrogen (secondary N) is 1. The molecule has 0 aliphatic carbocycles. The SMILES string of the molecule is CCC(c1cc2n[nH]c(=O)n2c(C)n1)C(C)N. The zero-order valence-electron chi connectivity index (χ0n) is 10.3. The van der Waals surface area contributed by atoms with E-state index >= 15 is 0 Å². The normalized spacial score (nSPS) is 15.1. The van der Waals surface area contributed by atoms with Crippen molar-refractivity contribution < 1.29 is 0 Å². The number of aromatic nitrogens is 4. The van der Waals surface area contributed by atoms with Crippen LogP contribution in [0.1, 0.15) is 37.7 Å². The lowest BCUT2D eigenvalue weighted by molar-refractivity contribution is 0.537. The highest BCUT2D eigenvalue weighted by Crippen LogP contribution is 2.21. The predicted molar refractivity (Wildman–Crippen MR) is 65.0 cm³/mol. The van der Waals surface area contributed by atoms with Crippen LogP contribution in [-0.4, -0.2) is 25.6 Å². The van der Waals surface area contributed by atoms with Crippen molar-refractivity contribution >= 4 is 5.65 Å². The fourth-order valence-corrected chi connectivity index (χ4v) is 2.16. The van der Waals surface area contributed by atoms with Gasteiger partial charge in [0, 0.05) is 18.0 Å². The highest BCUT2D eigenvalue weighted by atomic mass is 16.1. The van der Waals surface area contributed by atoms with Crippen LogP contribution in [0.2, 0.25) is 0 Å². The van der Waals surface area contributed by atoms with Gasteiger partial charge in [0.25, 0.3) is 0 Å². The molecule has 92 valence electrons. The zero-order chi connectivity index (χ0) is 12.6. The van der Waals surface area contributed by atoms with Crippen molar-refractivity contribution in [2.24, 2.45) is 5.73 Å². The fourth-order valence-electron chi connectivity index (χ4n) is 2.16. The minimum Gasteiger partial charge on any atom is -0.327 e. The maximum absolute atomic E-state index is 11.5. The number of nitrogens with two attached hydrogens (primary N) is 1. The molecule has 0 saturated carbocycles. The first-order chi connectivity index (χ1) is 8.04. The Balaban J connectivity index is 2.61. The molecule has 6 nitrogen and oxygen atoms in total. The van der Waals surface area contributed by atoms with Gasteiger partial charge in [0.05, 0.1) is 5.69 Å².